The van der Waals surface area contributed by atoms with E-state index in [1.807, 2.05) is 0 Å². The molecular weight excluding hydrogens is 268 g/mol. The molecule has 18 heavy (non-hydrogen) atoms. The summed E-state index contributed by atoms with van der Waals surface area (Å²) in [6, 6.07) is 1.39. The lowest BCUT2D eigenvalue weighted by Crippen LogP contribution is -2.25. The van der Waals surface area contributed by atoms with Gasteiger partial charge < -0.3 is 25.0 Å². The van der Waals surface area contributed by atoms with Crippen LogP contribution >= 0.6 is 7.60 Å². The lowest BCUT2D eigenvalue weighted by molar-refractivity contribution is 0.0200. The zero-order chi connectivity index (χ0) is 13.6. The van der Waals surface area contributed by atoms with Crippen LogP contribution in [-0.2, 0) is 9.30 Å². The molecular formula is C8H13FN3O5P. The van der Waals surface area contributed by atoms with Gasteiger partial charge in [-0.1, -0.05) is 0 Å². The number of anilines is 1. The van der Waals surface area contributed by atoms with Crippen LogP contribution in [0.25, 0.3) is 0 Å². The van der Waals surface area contributed by atoms with Gasteiger partial charge in [0.15, 0.2) is 0 Å². The summed E-state index contributed by atoms with van der Waals surface area (Å²) in [6.45, 7) is -1.23. The third kappa shape index (κ3) is 5.87. The van der Waals surface area contributed by atoms with Crippen LogP contribution in [0.2, 0.25) is 0 Å². The Labute approximate surface area is 102 Å². The van der Waals surface area contributed by atoms with Crippen LogP contribution < -0.4 is 10.5 Å². The van der Waals surface area contributed by atoms with Crippen molar-refractivity contribution in [2.24, 2.45) is 0 Å². The number of nitrogens with two attached hydrogens (primary N) is 1. The Morgan fingerprint density at radius 3 is 2.83 bits per heavy atom. The van der Waals surface area contributed by atoms with Crippen LogP contribution in [0.4, 0.5) is 10.2 Å². The Balaban J connectivity index is 2.42. The van der Waals surface area contributed by atoms with Crippen molar-refractivity contribution in [1.82, 2.24) is 9.97 Å². The molecule has 0 aromatic carbocycles. The monoisotopic (exact) mass is 281 g/mol. The first-order valence-electron chi connectivity index (χ1n) is 4.84. The molecule has 1 aromatic heterocycles. The van der Waals surface area contributed by atoms with E-state index in [4.69, 9.17) is 20.3 Å². The van der Waals surface area contributed by atoms with Crippen molar-refractivity contribution in [3.8, 4) is 6.01 Å². The van der Waals surface area contributed by atoms with Crippen molar-refractivity contribution in [3.05, 3.63) is 12.3 Å². The number of aromatic nitrogens is 2. The minimum Gasteiger partial charge on any atom is -0.461 e. The highest BCUT2D eigenvalue weighted by Gasteiger charge is 2.18. The lowest BCUT2D eigenvalue weighted by Gasteiger charge is -2.15. The Bertz CT molecular complexity index is 429. The highest BCUT2D eigenvalue weighted by atomic mass is 31.2. The number of hydrogen-bond donors (Lipinski definition) is 3. The number of nitrogens with zero attached hydrogens (tertiary/aromatic N) is 2. The number of rotatable bonds is 7. The zero-order valence-corrected chi connectivity index (χ0v) is 10.2. The average molecular weight is 281 g/mol. The maximum absolute atomic E-state index is 12.5. The molecule has 1 aromatic rings. The molecule has 8 nitrogen and oxygen atoms in total. The van der Waals surface area contributed by atoms with Crippen LogP contribution in [0.1, 0.15) is 0 Å². The summed E-state index contributed by atoms with van der Waals surface area (Å²) in [5, 5.41) is 0. The van der Waals surface area contributed by atoms with Crippen molar-refractivity contribution in [1.29, 1.82) is 0 Å². The zero-order valence-electron chi connectivity index (χ0n) is 9.27. The first-order valence-corrected chi connectivity index (χ1v) is 6.64. The van der Waals surface area contributed by atoms with Crippen LogP contribution in [0.15, 0.2) is 12.3 Å². The van der Waals surface area contributed by atoms with Gasteiger partial charge >= 0.3 is 13.6 Å². The summed E-state index contributed by atoms with van der Waals surface area (Å²) in [7, 11) is -4.33. The summed E-state index contributed by atoms with van der Waals surface area (Å²) in [6.07, 6.45) is -0.621. The minimum absolute atomic E-state index is 0.0618. The normalized spacial score (nSPS) is 13.3. The molecule has 1 heterocycles. The number of hydrogen-bond acceptors (Lipinski definition) is 6. The molecule has 4 N–H and O–H groups in total. The summed E-state index contributed by atoms with van der Waals surface area (Å²) in [5.41, 5.74) is 5.37. The molecule has 0 aliphatic carbocycles. The van der Waals surface area contributed by atoms with Gasteiger partial charge in [-0.05, 0) is 6.07 Å². The topological polar surface area (TPSA) is 128 Å². The van der Waals surface area contributed by atoms with Crippen LogP contribution in [0, 0.1) is 0 Å². The SMILES string of the molecule is Nc1ccnc(OCC(CF)OCP(=O)(O)O)n1. The van der Waals surface area contributed by atoms with E-state index >= 15 is 0 Å². The summed E-state index contributed by atoms with van der Waals surface area (Å²) < 4.78 is 32.7. The van der Waals surface area contributed by atoms with E-state index in [1.54, 1.807) is 0 Å². The lowest BCUT2D eigenvalue weighted by atomic mass is 10.4. The van der Waals surface area contributed by atoms with Crippen molar-refractivity contribution < 1.29 is 28.2 Å². The second-order valence-electron chi connectivity index (χ2n) is 3.31. The van der Waals surface area contributed by atoms with Gasteiger partial charge in [-0.3, -0.25) is 4.57 Å². The number of alkyl halides is 1. The van der Waals surface area contributed by atoms with E-state index < -0.39 is 26.7 Å². The van der Waals surface area contributed by atoms with Gasteiger partial charge in [-0.2, -0.15) is 4.98 Å². The fourth-order valence-corrected chi connectivity index (χ4v) is 1.34. The number of ether oxygens (including phenoxy) is 2. The second-order valence-corrected chi connectivity index (χ2v) is 4.90. The van der Waals surface area contributed by atoms with Gasteiger partial charge in [0, 0.05) is 6.20 Å². The molecule has 0 fully saturated rings. The Morgan fingerprint density at radius 2 is 2.28 bits per heavy atom. The molecule has 1 rings (SSSR count). The van der Waals surface area contributed by atoms with E-state index in [2.05, 4.69) is 14.7 Å². The Morgan fingerprint density at radius 1 is 1.56 bits per heavy atom. The van der Waals surface area contributed by atoms with Crippen LogP contribution in [0.5, 0.6) is 6.01 Å². The minimum atomic E-state index is -4.33. The molecule has 1 atom stereocenters. The Kier molecular flexibility index (Phi) is 5.42. The van der Waals surface area contributed by atoms with E-state index in [-0.39, 0.29) is 18.4 Å². The largest absolute Gasteiger partial charge is 0.461 e. The summed E-state index contributed by atoms with van der Waals surface area (Å²) in [5.74, 6) is 0.188. The Hall–Kier alpha value is -1.28. The third-order valence-corrected chi connectivity index (χ3v) is 2.19. The van der Waals surface area contributed by atoms with Crippen molar-refractivity contribution >= 4 is 13.4 Å². The van der Waals surface area contributed by atoms with Crippen molar-refractivity contribution in [2.75, 3.05) is 25.4 Å². The van der Waals surface area contributed by atoms with E-state index in [0.717, 1.165) is 0 Å². The van der Waals surface area contributed by atoms with Crippen molar-refractivity contribution in [2.45, 2.75) is 6.10 Å². The van der Waals surface area contributed by atoms with Gasteiger partial charge in [-0.25, -0.2) is 9.37 Å². The molecule has 102 valence electrons. The van der Waals surface area contributed by atoms with Crippen LogP contribution in [0.3, 0.4) is 0 Å². The first-order chi connectivity index (χ1) is 8.40. The van der Waals surface area contributed by atoms with Crippen molar-refractivity contribution in [3.63, 3.8) is 0 Å². The third-order valence-electron chi connectivity index (χ3n) is 1.70. The fourth-order valence-electron chi connectivity index (χ4n) is 0.931. The van der Waals surface area contributed by atoms with Gasteiger partial charge in [0.1, 0.15) is 31.6 Å². The first kappa shape index (κ1) is 14.8. The quantitative estimate of drug-likeness (QED) is 0.592. The number of nitrogen functional groups attached to an aromatic ring is 1. The molecule has 0 aliphatic rings. The highest BCUT2D eigenvalue weighted by Crippen LogP contribution is 2.34. The predicted octanol–water partition coefficient (Wildman–Crippen LogP) is -0.0725. The molecule has 10 heteroatoms. The number of halogens is 1. The summed E-state index contributed by atoms with van der Waals surface area (Å²) in [4.78, 5) is 24.5. The maximum Gasteiger partial charge on any atom is 0.350 e. The van der Waals surface area contributed by atoms with Gasteiger partial charge in [0.2, 0.25) is 0 Å². The molecule has 0 radical (unpaired) electrons. The molecule has 0 spiro atoms. The summed E-state index contributed by atoms with van der Waals surface area (Å²) >= 11 is 0. The molecule has 1 unspecified atom stereocenters. The standard InChI is InChI=1S/C8H13FN3O5P/c9-3-6(17-5-18(13,14)15)4-16-8-11-2-1-7(10)12-8/h1-2,6H,3-5H2,(H2,10,11,12)(H2,13,14,15). The maximum atomic E-state index is 12.5. The second kappa shape index (κ2) is 6.60. The highest BCUT2D eigenvalue weighted by molar-refractivity contribution is 7.51. The average Bonchev–Trinajstić information content (AvgIpc) is 2.28. The molecule has 0 saturated heterocycles. The predicted molar refractivity (Wildman–Crippen MR) is 59.7 cm³/mol. The van der Waals surface area contributed by atoms with E-state index in [0.29, 0.717) is 0 Å². The van der Waals surface area contributed by atoms with Crippen LogP contribution in [-0.4, -0.2) is 45.5 Å². The van der Waals surface area contributed by atoms with Gasteiger partial charge in [-0.15, -0.1) is 0 Å². The van der Waals surface area contributed by atoms with Gasteiger partial charge in [0.25, 0.3) is 0 Å². The smallest absolute Gasteiger partial charge is 0.350 e. The molecule has 0 bridgehead atoms. The van der Waals surface area contributed by atoms with E-state index in [1.165, 1.54) is 12.3 Å². The molecule has 0 saturated carbocycles. The van der Waals surface area contributed by atoms with Gasteiger partial charge in [0.05, 0.1) is 0 Å². The molecule has 0 amide bonds. The fraction of sp³-hybridized carbons (Fsp3) is 0.500. The van der Waals surface area contributed by atoms with E-state index in [9.17, 15) is 8.96 Å². The molecule has 0 aliphatic heterocycles.